The molecule has 0 aliphatic heterocycles. The van der Waals surface area contributed by atoms with Crippen LogP contribution in [-0.4, -0.2) is 18.4 Å². The number of nitrogens with one attached hydrogen (secondary N) is 2. The number of amides is 2. The number of benzene rings is 3. The maximum atomic E-state index is 13.7. The van der Waals surface area contributed by atoms with Crippen molar-refractivity contribution in [3.63, 3.8) is 0 Å². The SMILES string of the molecule is O=C(COc1ccccc1C(=O)NC1CCc2ccccc21)Nc1ccccc1F. The topological polar surface area (TPSA) is 67.4 Å². The second-order valence-corrected chi connectivity index (χ2v) is 7.08. The molecule has 3 aromatic rings. The van der Waals surface area contributed by atoms with Gasteiger partial charge in [-0.3, -0.25) is 9.59 Å². The standard InChI is InChI=1S/C24H21FN2O3/c25-19-10-4-5-11-21(19)26-23(28)15-30-22-12-6-3-9-18(22)24(29)27-20-14-13-16-7-1-2-8-17(16)20/h1-12,20H,13-15H2,(H,26,28)(H,27,29). The van der Waals surface area contributed by atoms with Crippen LogP contribution >= 0.6 is 0 Å². The molecule has 0 saturated heterocycles. The molecule has 1 atom stereocenters. The Morgan fingerprint density at radius 2 is 1.70 bits per heavy atom. The fourth-order valence-electron chi connectivity index (χ4n) is 3.62. The third kappa shape index (κ3) is 4.33. The molecular weight excluding hydrogens is 383 g/mol. The summed E-state index contributed by atoms with van der Waals surface area (Å²) in [5.74, 6) is -1.01. The molecule has 30 heavy (non-hydrogen) atoms. The fraction of sp³-hybridized carbons (Fsp3) is 0.167. The number of para-hydroxylation sites is 2. The van der Waals surface area contributed by atoms with Crippen LogP contribution < -0.4 is 15.4 Å². The van der Waals surface area contributed by atoms with Gasteiger partial charge in [-0.1, -0.05) is 48.5 Å². The summed E-state index contributed by atoms with van der Waals surface area (Å²) < 4.78 is 19.2. The highest BCUT2D eigenvalue weighted by Crippen LogP contribution is 2.31. The summed E-state index contributed by atoms with van der Waals surface area (Å²) in [6, 6.07) is 20.7. The second-order valence-electron chi connectivity index (χ2n) is 7.08. The zero-order chi connectivity index (χ0) is 20.9. The van der Waals surface area contributed by atoms with Gasteiger partial charge in [-0.15, -0.1) is 0 Å². The van der Waals surface area contributed by atoms with Gasteiger partial charge in [-0.2, -0.15) is 0 Å². The first-order valence-electron chi connectivity index (χ1n) is 9.76. The molecule has 1 unspecified atom stereocenters. The van der Waals surface area contributed by atoms with E-state index in [0.717, 1.165) is 18.4 Å². The van der Waals surface area contributed by atoms with Gasteiger partial charge in [0.25, 0.3) is 11.8 Å². The monoisotopic (exact) mass is 404 g/mol. The Kier molecular flexibility index (Phi) is 5.75. The molecule has 0 aromatic heterocycles. The summed E-state index contributed by atoms with van der Waals surface area (Å²) in [4.78, 5) is 25.0. The van der Waals surface area contributed by atoms with Crippen LogP contribution in [0, 0.1) is 5.82 Å². The van der Waals surface area contributed by atoms with Crippen molar-refractivity contribution in [3.05, 3.63) is 95.3 Å². The summed E-state index contributed by atoms with van der Waals surface area (Å²) in [5, 5.41) is 5.52. The average Bonchev–Trinajstić information content (AvgIpc) is 3.17. The van der Waals surface area contributed by atoms with Crippen molar-refractivity contribution in [1.29, 1.82) is 0 Å². The van der Waals surface area contributed by atoms with Crippen molar-refractivity contribution in [1.82, 2.24) is 5.32 Å². The highest BCUT2D eigenvalue weighted by molar-refractivity contribution is 5.97. The average molecular weight is 404 g/mol. The van der Waals surface area contributed by atoms with Gasteiger partial charge in [0.05, 0.1) is 17.3 Å². The van der Waals surface area contributed by atoms with Crippen LogP contribution in [-0.2, 0) is 11.2 Å². The van der Waals surface area contributed by atoms with Crippen LogP contribution in [0.3, 0.4) is 0 Å². The van der Waals surface area contributed by atoms with Crippen LogP contribution in [0.2, 0.25) is 0 Å². The molecule has 3 aromatic carbocycles. The largest absolute Gasteiger partial charge is 0.483 e. The third-order valence-electron chi connectivity index (χ3n) is 5.08. The molecule has 6 heteroatoms. The molecule has 2 N–H and O–H groups in total. The van der Waals surface area contributed by atoms with Crippen LogP contribution in [0.25, 0.3) is 0 Å². The molecular formula is C24H21FN2O3. The predicted octanol–water partition coefficient (Wildman–Crippen LogP) is 4.26. The first kappa shape index (κ1) is 19.6. The first-order chi connectivity index (χ1) is 14.6. The van der Waals surface area contributed by atoms with Crippen molar-refractivity contribution in [2.24, 2.45) is 0 Å². The molecule has 0 radical (unpaired) electrons. The molecule has 0 saturated carbocycles. The van der Waals surface area contributed by atoms with Gasteiger partial charge in [-0.25, -0.2) is 4.39 Å². The Morgan fingerprint density at radius 1 is 0.967 bits per heavy atom. The van der Waals surface area contributed by atoms with E-state index in [1.807, 2.05) is 18.2 Å². The number of halogens is 1. The van der Waals surface area contributed by atoms with E-state index < -0.39 is 11.7 Å². The van der Waals surface area contributed by atoms with E-state index in [9.17, 15) is 14.0 Å². The van der Waals surface area contributed by atoms with E-state index in [0.29, 0.717) is 11.3 Å². The number of carbonyl (C=O) groups is 2. The van der Waals surface area contributed by atoms with Gasteiger partial charge in [0.15, 0.2) is 6.61 Å². The van der Waals surface area contributed by atoms with Crippen LogP contribution in [0.4, 0.5) is 10.1 Å². The van der Waals surface area contributed by atoms with E-state index in [4.69, 9.17) is 4.74 Å². The maximum absolute atomic E-state index is 13.7. The molecule has 1 aliphatic rings. The summed E-state index contributed by atoms with van der Waals surface area (Å²) in [7, 11) is 0. The van der Waals surface area contributed by atoms with Crippen molar-refractivity contribution in [2.45, 2.75) is 18.9 Å². The Bertz CT molecular complexity index is 1080. The summed E-state index contributed by atoms with van der Waals surface area (Å²) in [6.45, 7) is -0.342. The number of carbonyl (C=O) groups excluding carboxylic acids is 2. The third-order valence-corrected chi connectivity index (χ3v) is 5.08. The van der Waals surface area contributed by atoms with E-state index in [1.165, 1.54) is 17.7 Å². The quantitative estimate of drug-likeness (QED) is 0.645. The number of hydrogen-bond donors (Lipinski definition) is 2. The highest BCUT2D eigenvalue weighted by Gasteiger charge is 2.25. The molecule has 5 nitrogen and oxygen atoms in total. The highest BCUT2D eigenvalue weighted by atomic mass is 19.1. The normalized spacial score (nSPS) is 14.6. The zero-order valence-corrected chi connectivity index (χ0v) is 16.2. The molecule has 0 heterocycles. The molecule has 0 spiro atoms. The number of ether oxygens (including phenoxy) is 1. The molecule has 152 valence electrons. The maximum Gasteiger partial charge on any atom is 0.262 e. The van der Waals surface area contributed by atoms with Gasteiger partial charge in [-0.05, 0) is 48.2 Å². The van der Waals surface area contributed by atoms with Crippen LogP contribution in [0.1, 0.15) is 33.9 Å². The lowest BCUT2D eigenvalue weighted by Gasteiger charge is -2.16. The number of anilines is 1. The Morgan fingerprint density at radius 3 is 2.57 bits per heavy atom. The van der Waals surface area contributed by atoms with Crippen LogP contribution in [0.15, 0.2) is 72.8 Å². The predicted molar refractivity (Wildman–Crippen MR) is 112 cm³/mol. The van der Waals surface area contributed by atoms with Crippen molar-refractivity contribution in [3.8, 4) is 5.75 Å². The Labute approximate surface area is 173 Å². The van der Waals surface area contributed by atoms with Crippen LogP contribution in [0.5, 0.6) is 5.75 Å². The molecule has 4 rings (SSSR count). The minimum atomic E-state index is -0.525. The van der Waals surface area contributed by atoms with E-state index in [-0.39, 0.29) is 24.2 Å². The minimum Gasteiger partial charge on any atom is -0.483 e. The van der Waals surface area contributed by atoms with Gasteiger partial charge < -0.3 is 15.4 Å². The van der Waals surface area contributed by atoms with E-state index in [1.54, 1.807) is 36.4 Å². The van der Waals surface area contributed by atoms with Crippen molar-refractivity contribution in [2.75, 3.05) is 11.9 Å². The van der Waals surface area contributed by atoms with Crippen molar-refractivity contribution < 1.29 is 18.7 Å². The molecule has 0 fully saturated rings. The number of rotatable bonds is 6. The Balaban J connectivity index is 1.41. The van der Waals surface area contributed by atoms with E-state index in [2.05, 4.69) is 16.7 Å². The lowest BCUT2D eigenvalue weighted by Crippen LogP contribution is -2.28. The summed E-state index contributed by atoms with van der Waals surface area (Å²) in [5.41, 5.74) is 2.81. The van der Waals surface area contributed by atoms with E-state index >= 15 is 0 Å². The van der Waals surface area contributed by atoms with Gasteiger partial charge in [0, 0.05) is 0 Å². The van der Waals surface area contributed by atoms with Gasteiger partial charge >= 0.3 is 0 Å². The number of fused-ring (bicyclic) bond motifs is 1. The van der Waals surface area contributed by atoms with Gasteiger partial charge in [0.1, 0.15) is 11.6 Å². The Hall–Kier alpha value is -3.67. The minimum absolute atomic E-state index is 0.0499. The van der Waals surface area contributed by atoms with Gasteiger partial charge in [0.2, 0.25) is 0 Å². The number of hydrogen-bond acceptors (Lipinski definition) is 3. The fourth-order valence-corrected chi connectivity index (χ4v) is 3.62. The lowest BCUT2D eigenvalue weighted by atomic mass is 10.1. The molecule has 1 aliphatic carbocycles. The summed E-state index contributed by atoms with van der Waals surface area (Å²) >= 11 is 0. The summed E-state index contributed by atoms with van der Waals surface area (Å²) in [6.07, 6.45) is 1.77. The molecule has 0 bridgehead atoms. The smallest absolute Gasteiger partial charge is 0.262 e. The first-order valence-corrected chi connectivity index (χ1v) is 9.76. The lowest BCUT2D eigenvalue weighted by molar-refractivity contribution is -0.118. The second kappa shape index (κ2) is 8.78. The molecule has 2 amide bonds. The number of aryl methyl sites for hydroxylation is 1. The zero-order valence-electron chi connectivity index (χ0n) is 16.2. The van der Waals surface area contributed by atoms with Crippen molar-refractivity contribution >= 4 is 17.5 Å².